The number of benzene rings is 1. The SMILES string of the molecule is Cc1cccc(N(C)C(=O)[C@@H]2C[C@@H]2c2cnn(C)c2)c1C. The van der Waals surface area contributed by atoms with Crippen LogP contribution in [0.4, 0.5) is 5.69 Å². The highest BCUT2D eigenvalue weighted by molar-refractivity contribution is 5.97. The molecule has 2 atom stereocenters. The van der Waals surface area contributed by atoms with Gasteiger partial charge in [-0.25, -0.2) is 0 Å². The first kappa shape index (κ1) is 13.9. The summed E-state index contributed by atoms with van der Waals surface area (Å²) in [5.74, 6) is 0.635. The summed E-state index contributed by atoms with van der Waals surface area (Å²) in [5.41, 5.74) is 4.57. The minimum absolute atomic E-state index is 0.0964. The first-order valence-electron chi connectivity index (χ1n) is 7.31. The number of rotatable bonds is 3. The Morgan fingerprint density at radius 1 is 1.38 bits per heavy atom. The van der Waals surface area contributed by atoms with Gasteiger partial charge in [-0.3, -0.25) is 9.48 Å². The van der Waals surface area contributed by atoms with Gasteiger partial charge in [0, 0.05) is 31.9 Å². The lowest BCUT2D eigenvalue weighted by molar-refractivity contribution is -0.119. The lowest BCUT2D eigenvalue weighted by atomic mass is 10.1. The Morgan fingerprint density at radius 3 is 2.81 bits per heavy atom. The van der Waals surface area contributed by atoms with Gasteiger partial charge in [-0.05, 0) is 48.9 Å². The molecule has 0 N–H and O–H groups in total. The fourth-order valence-electron chi connectivity index (χ4n) is 2.93. The maximum atomic E-state index is 12.7. The van der Waals surface area contributed by atoms with Crippen molar-refractivity contribution in [2.45, 2.75) is 26.2 Å². The summed E-state index contributed by atoms with van der Waals surface area (Å²) in [6.45, 7) is 4.15. The molecule has 4 nitrogen and oxygen atoms in total. The van der Waals surface area contributed by atoms with E-state index in [1.54, 1.807) is 4.68 Å². The monoisotopic (exact) mass is 283 g/mol. The molecule has 1 fully saturated rings. The number of hydrogen-bond donors (Lipinski definition) is 0. The third kappa shape index (κ3) is 2.46. The fourth-order valence-corrected chi connectivity index (χ4v) is 2.93. The van der Waals surface area contributed by atoms with Crippen LogP contribution < -0.4 is 4.90 Å². The van der Waals surface area contributed by atoms with Crippen molar-refractivity contribution < 1.29 is 4.79 Å². The highest BCUT2D eigenvalue weighted by Gasteiger charge is 2.46. The van der Waals surface area contributed by atoms with Crippen molar-refractivity contribution in [2.75, 3.05) is 11.9 Å². The Bertz CT molecular complexity index is 689. The Hall–Kier alpha value is -2.10. The molecule has 1 aliphatic carbocycles. The van der Waals surface area contributed by atoms with Crippen LogP contribution in [0.25, 0.3) is 0 Å². The van der Waals surface area contributed by atoms with Crippen LogP contribution in [0, 0.1) is 19.8 Å². The summed E-state index contributed by atoms with van der Waals surface area (Å²) < 4.78 is 1.80. The zero-order valence-electron chi connectivity index (χ0n) is 13.0. The second kappa shape index (κ2) is 5.02. The second-order valence-electron chi connectivity index (χ2n) is 6.01. The lowest BCUT2D eigenvalue weighted by Gasteiger charge is -2.20. The van der Waals surface area contributed by atoms with Crippen LogP contribution in [0.15, 0.2) is 30.6 Å². The first-order chi connectivity index (χ1) is 9.99. The molecule has 1 heterocycles. The van der Waals surface area contributed by atoms with Crippen LogP contribution in [0.2, 0.25) is 0 Å². The smallest absolute Gasteiger partial charge is 0.230 e. The van der Waals surface area contributed by atoms with Crippen molar-refractivity contribution >= 4 is 11.6 Å². The Kier molecular flexibility index (Phi) is 3.32. The van der Waals surface area contributed by atoms with Crippen molar-refractivity contribution in [1.29, 1.82) is 0 Å². The third-order valence-corrected chi connectivity index (χ3v) is 4.53. The number of aryl methyl sites for hydroxylation is 2. The molecular weight excluding hydrogens is 262 g/mol. The highest BCUT2D eigenvalue weighted by atomic mass is 16.2. The number of carbonyl (C=O) groups excluding carboxylic acids is 1. The Labute approximate surface area is 125 Å². The maximum absolute atomic E-state index is 12.7. The zero-order chi connectivity index (χ0) is 15.1. The highest BCUT2D eigenvalue weighted by Crippen LogP contribution is 2.48. The van der Waals surface area contributed by atoms with Crippen molar-refractivity contribution in [3.05, 3.63) is 47.3 Å². The Morgan fingerprint density at radius 2 is 2.14 bits per heavy atom. The predicted octanol–water partition coefficient (Wildman–Crippen LogP) is 2.80. The molecule has 1 aliphatic rings. The van der Waals surface area contributed by atoms with E-state index in [0.29, 0.717) is 5.92 Å². The van der Waals surface area contributed by atoms with Crippen molar-refractivity contribution in [3.63, 3.8) is 0 Å². The quantitative estimate of drug-likeness (QED) is 0.868. The van der Waals surface area contributed by atoms with E-state index in [-0.39, 0.29) is 11.8 Å². The average molecular weight is 283 g/mol. The van der Waals surface area contributed by atoms with Crippen molar-refractivity contribution in [3.8, 4) is 0 Å². The molecular formula is C17H21N3O. The standard InChI is InChI=1S/C17H21N3O/c1-11-6-5-7-16(12(11)2)20(4)17(21)15-8-14(15)13-9-18-19(3)10-13/h5-7,9-10,14-15H,8H2,1-4H3/t14-,15-/m1/s1. The van der Waals surface area contributed by atoms with Crippen molar-refractivity contribution in [1.82, 2.24) is 9.78 Å². The van der Waals surface area contributed by atoms with Gasteiger partial charge in [0.15, 0.2) is 0 Å². The van der Waals surface area contributed by atoms with E-state index in [2.05, 4.69) is 25.0 Å². The number of hydrogen-bond acceptors (Lipinski definition) is 2. The van der Waals surface area contributed by atoms with Crippen LogP contribution >= 0.6 is 0 Å². The summed E-state index contributed by atoms with van der Waals surface area (Å²) in [4.78, 5) is 14.5. The molecule has 1 aromatic heterocycles. The van der Waals surface area contributed by atoms with Gasteiger partial charge in [0.1, 0.15) is 0 Å². The molecule has 21 heavy (non-hydrogen) atoms. The van der Waals surface area contributed by atoms with Crippen LogP contribution in [0.3, 0.4) is 0 Å². The molecule has 0 unspecified atom stereocenters. The van der Waals surface area contributed by atoms with Gasteiger partial charge < -0.3 is 4.90 Å². The van der Waals surface area contributed by atoms with E-state index in [9.17, 15) is 4.79 Å². The summed E-state index contributed by atoms with van der Waals surface area (Å²) in [6.07, 6.45) is 4.81. The van der Waals surface area contributed by atoms with Crippen LogP contribution in [-0.2, 0) is 11.8 Å². The summed E-state index contributed by atoms with van der Waals surface area (Å²) in [5, 5.41) is 4.19. The van der Waals surface area contributed by atoms with Crippen LogP contribution in [-0.4, -0.2) is 22.7 Å². The van der Waals surface area contributed by atoms with E-state index in [1.807, 2.05) is 43.5 Å². The van der Waals surface area contributed by atoms with Crippen molar-refractivity contribution in [2.24, 2.45) is 13.0 Å². The van der Waals surface area contributed by atoms with E-state index in [0.717, 1.165) is 12.1 Å². The molecule has 0 radical (unpaired) electrons. The Balaban J connectivity index is 1.76. The second-order valence-corrected chi connectivity index (χ2v) is 6.01. The summed E-state index contributed by atoms with van der Waals surface area (Å²) in [7, 11) is 3.79. The summed E-state index contributed by atoms with van der Waals surface area (Å²) in [6, 6.07) is 6.10. The van der Waals surface area contributed by atoms with Gasteiger partial charge in [0.25, 0.3) is 0 Å². The maximum Gasteiger partial charge on any atom is 0.230 e. The summed E-state index contributed by atoms with van der Waals surface area (Å²) >= 11 is 0. The van der Waals surface area contributed by atoms with Gasteiger partial charge >= 0.3 is 0 Å². The van der Waals surface area contributed by atoms with Gasteiger partial charge in [-0.15, -0.1) is 0 Å². The molecule has 1 amide bonds. The van der Waals surface area contributed by atoms with Crippen LogP contribution in [0.1, 0.15) is 29.0 Å². The molecule has 0 bridgehead atoms. The van der Waals surface area contributed by atoms with Gasteiger partial charge in [0.05, 0.1) is 6.20 Å². The third-order valence-electron chi connectivity index (χ3n) is 4.53. The number of anilines is 1. The molecule has 2 aromatic rings. The van der Waals surface area contributed by atoms with Gasteiger partial charge in [-0.1, -0.05) is 12.1 Å². The zero-order valence-corrected chi connectivity index (χ0v) is 13.0. The number of aromatic nitrogens is 2. The normalized spacial score (nSPS) is 20.4. The number of nitrogens with zero attached hydrogens (tertiary/aromatic N) is 3. The molecule has 0 saturated heterocycles. The molecule has 1 saturated carbocycles. The molecule has 3 rings (SSSR count). The minimum atomic E-state index is 0.0964. The fraction of sp³-hybridized carbons (Fsp3) is 0.412. The lowest BCUT2D eigenvalue weighted by Crippen LogP contribution is -2.29. The van der Waals surface area contributed by atoms with Gasteiger partial charge in [0.2, 0.25) is 5.91 Å². The largest absolute Gasteiger partial charge is 0.315 e. The minimum Gasteiger partial charge on any atom is -0.315 e. The molecule has 1 aromatic carbocycles. The van der Waals surface area contributed by atoms with Gasteiger partial charge in [-0.2, -0.15) is 5.10 Å². The topological polar surface area (TPSA) is 38.1 Å². The first-order valence-corrected chi connectivity index (χ1v) is 7.31. The molecule has 4 heteroatoms. The number of amides is 1. The van der Waals surface area contributed by atoms with Crippen LogP contribution in [0.5, 0.6) is 0 Å². The van der Waals surface area contributed by atoms with E-state index < -0.39 is 0 Å². The van der Waals surface area contributed by atoms with E-state index in [1.165, 1.54) is 16.7 Å². The molecule has 0 spiro atoms. The average Bonchev–Trinajstić information content (AvgIpc) is 3.15. The van der Waals surface area contributed by atoms with E-state index >= 15 is 0 Å². The molecule has 0 aliphatic heterocycles. The predicted molar refractivity (Wildman–Crippen MR) is 83.4 cm³/mol. The molecule has 110 valence electrons. The van der Waals surface area contributed by atoms with E-state index in [4.69, 9.17) is 0 Å². The number of carbonyl (C=O) groups is 1.